The largest absolute Gasteiger partial charge is 0.481 e. The molecule has 2 aromatic rings. The van der Waals surface area contributed by atoms with Gasteiger partial charge in [-0.05, 0) is 55.7 Å². The Kier molecular flexibility index (Phi) is 7.22. The lowest BCUT2D eigenvalue weighted by Gasteiger charge is -2.23. The average molecular weight is 398 g/mol. The van der Waals surface area contributed by atoms with Crippen molar-refractivity contribution in [1.82, 2.24) is 5.32 Å². The standard InChI is InChI=1S/C23H27FN2O3/c1-2-21(29-18-14-12-16(24)13-15-18)23(28)26-20-11-7-6-10-19(20)22(27)25-17-8-4-3-5-9-17/h6-7,10-15,17,21H,2-5,8-9H2,1H3,(H,25,27)(H,26,28). The SMILES string of the molecule is CCC(Oc1ccc(F)cc1)C(=O)Nc1ccccc1C(=O)NC1CCCCC1. The second kappa shape index (κ2) is 10.0. The maximum atomic E-state index is 13.1. The van der Waals surface area contributed by atoms with Gasteiger partial charge >= 0.3 is 0 Å². The first kappa shape index (κ1) is 20.8. The Morgan fingerprint density at radius 2 is 1.76 bits per heavy atom. The van der Waals surface area contributed by atoms with Crippen LogP contribution in [0, 0.1) is 5.82 Å². The Labute approximate surface area is 170 Å². The van der Waals surface area contributed by atoms with E-state index in [0.717, 1.165) is 25.7 Å². The molecule has 0 heterocycles. The van der Waals surface area contributed by atoms with E-state index in [2.05, 4.69) is 10.6 Å². The molecule has 154 valence electrons. The molecule has 2 N–H and O–H groups in total. The summed E-state index contributed by atoms with van der Waals surface area (Å²) in [7, 11) is 0. The second-order valence-corrected chi connectivity index (χ2v) is 7.31. The minimum atomic E-state index is -0.755. The monoisotopic (exact) mass is 398 g/mol. The molecule has 0 saturated heterocycles. The molecular formula is C23H27FN2O3. The summed E-state index contributed by atoms with van der Waals surface area (Å²) >= 11 is 0. The number of carbonyl (C=O) groups is 2. The number of rotatable bonds is 7. The molecule has 2 amide bonds. The van der Waals surface area contributed by atoms with Gasteiger partial charge in [-0.25, -0.2) is 4.39 Å². The van der Waals surface area contributed by atoms with Crippen molar-refractivity contribution in [2.24, 2.45) is 0 Å². The van der Waals surface area contributed by atoms with Crippen molar-refractivity contribution in [3.63, 3.8) is 0 Å². The van der Waals surface area contributed by atoms with Crippen LogP contribution >= 0.6 is 0 Å². The van der Waals surface area contributed by atoms with Crippen LogP contribution in [-0.4, -0.2) is 24.0 Å². The van der Waals surface area contributed by atoms with Crippen LogP contribution in [0.4, 0.5) is 10.1 Å². The topological polar surface area (TPSA) is 67.4 Å². The maximum Gasteiger partial charge on any atom is 0.265 e. The number of para-hydroxylation sites is 1. The van der Waals surface area contributed by atoms with Crippen molar-refractivity contribution in [3.8, 4) is 5.75 Å². The first-order chi connectivity index (χ1) is 14.1. The van der Waals surface area contributed by atoms with Crippen LogP contribution in [0.1, 0.15) is 55.8 Å². The van der Waals surface area contributed by atoms with Gasteiger partial charge in [0.05, 0.1) is 11.3 Å². The van der Waals surface area contributed by atoms with E-state index in [1.165, 1.54) is 30.7 Å². The molecule has 1 fully saturated rings. The van der Waals surface area contributed by atoms with E-state index in [4.69, 9.17) is 4.74 Å². The number of carbonyl (C=O) groups excluding carboxylic acids is 2. The van der Waals surface area contributed by atoms with Crippen molar-refractivity contribution in [2.45, 2.75) is 57.6 Å². The summed E-state index contributed by atoms with van der Waals surface area (Å²) in [6.45, 7) is 1.83. The highest BCUT2D eigenvalue weighted by Gasteiger charge is 2.22. The molecule has 1 atom stereocenters. The first-order valence-corrected chi connectivity index (χ1v) is 10.2. The van der Waals surface area contributed by atoms with E-state index < -0.39 is 6.10 Å². The van der Waals surface area contributed by atoms with Gasteiger partial charge in [0.25, 0.3) is 11.8 Å². The van der Waals surface area contributed by atoms with Gasteiger partial charge in [0, 0.05) is 6.04 Å². The number of amides is 2. The van der Waals surface area contributed by atoms with Gasteiger partial charge in [-0.2, -0.15) is 0 Å². The maximum absolute atomic E-state index is 13.1. The second-order valence-electron chi connectivity index (χ2n) is 7.31. The highest BCUT2D eigenvalue weighted by Crippen LogP contribution is 2.21. The quantitative estimate of drug-likeness (QED) is 0.711. The fourth-order valence-corrected chi connectivity index (χ4v) is 3.51. The summed E-state index contributed by atoms with van der Waals surface area (Å²) in [5, 5.41) is 5.89. The predicted octanol–water partition coefficient (Wildman–Crippen LogP) is 4.68. The van der Waals surface area contributed by atoms with Crippen molar-refractivity contribution in [2.75, 3.05) is 5.32 Å². The van der Waals surface area contributed by atoms with Crippen molar-refractivity contribution in [3.05, 3.63) is 59.9 Å². The number of halogens is 1. The number of hydrogen-bond donors (Lipinski definition) is 2. The van der Waals surface area contributed by atoms with Gasteiger partial charge in [0.2, 0.25) is 0 Å². The normalized spacial score (nSPS) is 15.4. The lowest BCUT2D eigenvalue weighted by atomic mass is 9.95. The molecule has 1 saturated carbocycles. The van der Waals surface area contributed by atoms with Crippen LogP contribution in [0.2, 0.25) is 0 Å². The van der Waals surface area contributed by atoms with E-state index >= 15 is 0 Å². The molecule has 5 nitrogen and oxygen atoms in total. The van der Waals surface area contributed by atoms with Crippen LogP contribution in [0.25, 0.3) is 0 Å². The lowest BCUT2D eigenvalue weighted by molar-refractivity contribution is -0.122. The molecule has 29 heavy (non-hydrogen) atoms. The summed E-state index contributed by atoms with van der Waals surface area (Å²) < 4.78 is 18.8. The molecule has 1 unspecified atom stereocenters. The zero-order valence-corrected chi connectivity index (χ0v) is 16.6. The molecule has 1 aliphatic rings. The van der Waals surface area contributed by atoms with Crippen LogP contribution in [-0.2, 0) is 4.79 Å². The fourth-order valence-electron chi connectivity index (χ4n) is 3.51. The number of nitrogens with one attached hydrogen (secondary N) is 2. The molecule has 6 heteroatoms. The number of ether oxygens (including phenoxy) is 1. The average Bonchev–Trinajstić information content (AvgIpc) is 2.74. The van der Waals surface area contributed by atoms with Gasteiger partial charge in [-0.1, -0.05) is 38.3 Å². The summed E-state index contributed by atoms with van der Waals surface area (Å²) in [4.78, 5) is 25.5. The Bertz CT molecular complexity index is 832. The van der Waals surface area contributed by atoms with E-state index in [-0.39, 0.29) is 23.7 Å². The van der Waals surface area contributed by atoms with Crippen LogP contribution < -0.4 is 15.4 Å². The summed E-state index contributed by atoms with van der Waals surface area (Å²) in [5.74, 6) is -0.487. The zero-order chi connectivity index (χ0) is 20.6. The number of benzene rings is 2. The summed E-state index contributed by atoms with van der Waals surface area (Å²) in [5.41, 5.74) is 0.884. The van der Waals surface area contributed by atoms with Crippen molar-refractivity contribution >= 4 is 17.5 Å². The van der Waals surface area contributed by atoms with E-state index in [0.29, 0.717) is 23.4 Å². The smallest absolute Gasteiger partial charge is 0.265 e. The van der Waals surface area contributed by atoms with Gasteiger partial charge in [-0.3, -0.25) is 9.59 Å². The lowest BCUT2D eigenvalue weighted by Crippen LogP contribution is -2.37. The molecule has 0 bridgehead atoms. The highest BCUT2D eigenvalue weighted by molar-refractivity contribution is 6.04. The van der Waals surface area contributed by atoms with Gasteiger partial charge in [0.15, 0.2) is 6.10 Å². The third-order valence-corrected chi connectivity index (χ3v) is 5.13. The van der Waals surface area contributed by atoms with Gasteiger partial charge in [-0.15, -0.1) is 0 Å². The predicted molar refractivity (Wildman–Crippen MR) is 111 cm³/mol. The third kappa shape index (κ3) is 5.79. The van der Waals surface area contributed by atoms with Crippen LogP contribution in [0.3, 0.4) is 0 Å². The fraction of sp³-hybridized carbons (Fsp3) is 0.391. The number of hydrogen-bond acceptors (Lipinski definition) is 3. The Morgan fingerprint density at radius 1 is 1.07 bits per heavy atom. The van der Waals surface area contributed by atoms with E-state index in [1.54, 1.807) is 24.3 Å². The summed E-state index contributed by atoms with van der Waals surface area (Å²) in [6.07, 6.45) is 5.12. The van der Waals surface area contributed by atoms with Crippen LogP contribution in [0.5, 0.6) is 5.75 Å². The summed E-state index contributed by atoms with van der Waals surface area (Å²) in [6, 6.07) is 12.7. The van der Waals surface area contributed by atoms with Crippen molar-refractivity contribution < 1.29 is 18.7 Å². The molecule has 2 aromatic carbocycles. The molecular weight excluding hydrogens is 371 g/mol. The number of anilines is 1. The van der Waals surface area contributed by atoms with E-state index in [1.807, 2.05) is 6.92 Å². The highest BCUT2D eigenvalue weighted by atomic mass is 19.1. The Morgan fingerprint density at radius 3 is 2.45 bits per heavy atom. The Hall–Kier alpha value is -2.89. The van der Waals surface area contributed by atoms with E-state index in [9.17, 15) is 14.0 Å². The molecule has 3 rings (SSSR count). The van der Waals surface area contributed by atoms with Crippen molar-refractivity contribution in [1.29, 1.82) is 0 Å². The molecule has 1 aliphatic carbocycles. The van der Waals surface area contributed by atoms with Crippen LogP contribution in [0.15, 0.2) is 48.5 Å². The first-order valence-electron chi connectivity index (χ1n) is 10.2. The molecule has 0 spiro atoms. The Balaban J connectivity index is 1.67. The zero-order valence-electron chi connectivity index (χ0n) is 16.6. The minimum absolute atomic E-state index is 0.180. The third-order valence-electron chi connectivity index (χ3n) is 5.13. The molecule has 0 aliphatic heterocycles. The molecule has 0 radical (unpaired) electrons. The molecule has 0 aromatic heterocycles. The van der Waals surface area contributed by atoms with Gasteiger partial charge in [0.1, 0.15) is 11.6 Å². The minimum Gasteiger partial charge on any atom is -0.481 e. The van der Waals surface area contributed by atoms with Gasteiger partial charge < -0.3 is 15.4 Å².